The second-order valence-electron chi connectivity index (χ2n) is 6.94. The molecule has 4 heterocycles. The average Bonchev–Trinajstić information content (AvgIpc) is 3.22. The molecule has 0 spiro atoms. The number of ether oxygens (including phenoxy) is 2. The summed E-state index contributed by atoms with van der Waals surface area (Å²) < 4.78 is 11.3. The van der Waals surface area contributed by atoms with E-state index in [4.69, 9.17) is 9.47 Å². The third kappa shape index (κ3) is 4.69. The minimum atomic E-state index is -0.0712. The number of aromatic nitrogens is 2. The number of amides is 2. The van der Waals surface area contributed by atoms with Crippen molar-refractivity contribution in [2.24, 2.45) is 0 Å². The van der Waals surface area contributed by atoms with Gasteiger partial charge in [-0.3, -0.25) is 4.98 Å². The molecule has 2 aromatic heterocycles. The number of morpholine rings is 1. The third-order valence-electron chi connectivity index (χ3n) is 4.97. The standard InChI is InChI=1S/C20H25N5O3/c26-20(25-8-5-18(15-25)28-17-3-6-21-7-4-17)23-14-16-1-2-19(22-13-16)24-9-11-27-12-10-24/h1-4,6-7,13,18H,5,8-12,14-15H2,(H,23,26)/t18-/m1/s1. The Morgan fingerprint density at radius 2 is 2.00 bits per heavy atom. The number of urea groups is 1. The lowest BCUT2D eigenvalue weighted by atomic mass is 10.2. The number of nitrogens with one attached hydrogen (secondary N) is 1. The van der Waals surface area contributed by atoms with Gasteiger partial charge in [-0.25, -0.2) is 9.78 Å². The van der Waals surface area contributed by atoms with Gasteiger partial charge in [0.05, 0.1) is 19.8 Å². The van der Waals surface area contributed by atoms with Gasteiger partial charge in [0.2, 0.25) is 0 Å². The van der Waals surface area contributed by atoms with Crippen LogP contribution in [0.25, 0.3) is 0 Å². The van der Waals surface area contributed by atoms with Crippen LogP contribution in [0.3, 0.4) is 0 Å². The lowest BCUT2D eigenvalue weighted by molar-refractivity contribution is 0.122. The van der Waals surface area contributed by atoms with Gasteiger partial charge >= 0.3 is 6.03 Å². The Morgan fingerprint density at radius 3 is 2.75 bits per heavy atom. The SMILES string of the molecule is O=C(NCc1ccc(N2CCOCC2)nc1)N1CC[C@@H](Oc2ccncc2)C1. The molecule has 0 saturated carbocycles. The first-order valence-corrected chi connectivity index (χ1v) is 9.65. The van der Waals surface area contributed by atoms with E-state index in [2.05, 4.69) is 20.2 Å². The molecule has 28 heavy (non-hydrogen) atoms. The predicted octanol–water partition coefficient (Wildman–Crippen LogP) is 1.68. The van der Waals surface area contributed by atoms with E-state index in [0.717, 1.165) is 49.9 Å². The number of anilines is 1. The highest BCUT2D eigenvalue weighted by atomic mass is 16.5. The van der Waals surface area contributed by atoms with Crippen LogP contribution in [0.5, 0.6) is 5.75 Å². The zero-order chi connectivity index (χ0) is 19.2. The molecular weight excluding hydrogens is 358 g/mol. The molecule has 0 bridgehead atoms. The summed E-state index contributed by atoms with van der Waals surface area (Å²) in [7, 11) is 0. The van der Waals surface area contributed by atoms with Crippen LogP contribution in [0.4, 0.5) is 10.6 Å². The molecule has 4 rings (SSSR count). The fourth-order valence-corrected chi connectivity index (χ4v) is 3.41. The first kappa shape index (κ1) is 18.5. The summed E-state index contributed by atoms with van der Waals surface area (Å²) in [6, 6.07) is 7.60. The Hall–Kier alpha value is -2.87. The van der Waals surface area contributed by atoms with Crippen LogP contribution >= 0.6 is 0 Å². The summed E-state index contributed by atoms with van der Waals surface area (Å²) in [5.41, 5.74) is 0.981. The van der Waals surface area contributed by atoms with Crippen molar-refractivity contribution in [1.29, 1.82) is 0 Å². The van der Waals surface area contributed by atoms with Crippen molar-refractivity contribution in [2.75, 3.05) is 44.3 Å². The summed E-state index contributed by atoms with van der Waals surface area (Å²) in [6.07, 6.45) is 6.07. The molecule has 2 saturated heterocycles. The predicted molar refractivity (Wildman–Crippen MR) is 104 cm³/mol. The maximum absolute atomic E-state index is 12.4. The topological polar surface area (TPSA) is 79.8 Å². The first-order chi connectivity index (χ1) is 13.8. The highest BCUT2D eigenvalue weighted by Crippen LogP contribution is 2.18. The quantitative estimate of drug-likeness (QED) is 0.846. The first-order valence-electron chi connectivity index (χ1n) is 9.65. The van der Waals surface area contributed by atoms with Gasteiger partial charge in [-0.15, -0.1) is 0 Å². The van der Waals surface area contributed by atoms with Crippen LogP contribution < -0.4 is 15.0 Å². The van der Waals surface area contributed by atoms with Gasteiger partial charge < -0.3 is 24.6 Å². The molecule has 8 nitrogen and oxygen atoms in total. The zero-order valence-electron chi connectivity index (χ0n) is 15.8. The van der Waals surface area contributed by atoms with Crippen molar-refractivity contribution in [1.82, 2.24) is 20.2 Å². The lowest BCUT2D eigenvalue weighted by Crippen LogP contribution is -2.39. The maximum atomic E-state index is 12.4. The number of hydrogen-bond donors (Lipinski definition) is 1. The molecule has 2 amide bonds. The largest absolute Gasteiger partial charge is 0.488 e. The highest BCUT2D eigenvalue weighted by molar-refractivity contribution is 5.74. The zero-order valence-corrected chi connectivity index (χ0v) is 15.8. The van der Waals surface area contributed by atoms with Gasteiger partial charge in [-0.2, -0.15) is 0 Å². The monoisotopic (exact) mass is 383 g/mol. The highest BCUT2D eigenvalue weighted by Gasteiger charge is 2.27. The molecule has 0 radical (unpaired) electrons. The molecular formula is C20H25N5O3. The van der Waals surface area contributed by atoms with E-state index in [9.17, 15) is 4.79 Å². The fraction of sp³-hybridized carbons (Fsp3) is 0.450. The van der Waals surface area contributed by atoms with Crippen molar-refractivity contribution in [3.05, 3.63) is 48.4 Å². The molecule has 148 valence electrons. The molecule has 2 aliphatic heterocycles. The van der Waals surface area contributed by atoms with Crippen LogP contribution in [0.15, 0.2) is 42.9 Å². The van der Waals surface area contributed by atoms with Crippen LogP contribution in [0.1, 0.15) is 12.0 Å². The second-order valence-corrected chi connectivity index (χ2v) is 6.94. The van der Waals surface area contributed by atoms with E-state index >= 15 is 0 Å². The molecule has 8 heteroatoms. The molecule has 1 N–H and O–H groups in total. The van der Waals surface area contributed by atoms with Crippen LogP contribution in [-0.4, -0.2) is 66.4 Å². The Labute approximate surface area is 164 Å². The molecule has 1 atom stereocenters. The Bertz CT molecular complexity index is 765. The van der Waals surface area contributed by atoms with Crippen molar-refractivity contribution in [3.8, 4) is 5.75 Å². The van der Waals surface area contributed by atoms with Gasteiger partial charge in [-0.1, -0.05) is 6.07 Å². The van der Waals surface area contributed by atoms with Crippen LogP contribution in [0, 0.1) is 0 Å². The number of carbonyl (C=O) groups is 1. The summed E-state index contributed by atoms with van der Waals surface area (Å²) in [5.74, 6) is 1.74. The van der Waals surface area contributed by atoms with Crippen molar-refractivity contribution >= 4 is 11.8 Å². The third-order valence-corrected chi connectivity index (χ3v) is 4.97. The van der Waals surface area contributed by atoms with E-state index < -0.39 is 0 Å². The molecule has 0 unspecified atom stereocenters. The molecule has 2 aromatic rings. The van der Waals surface area contributed by atoms with E-state index in [0.29, 0.717) is 19.6 Å². The van der Waals surface area contributed by atoms with Gasteiger partial charge in [0.15, 0.2) is 0 Å². The van der Waals surface area contributed by atoms with E-state index in [1.807, 2.05) is 30.5 Å². The van der Waals surface area contributed by atoms with Crippen molar-refractivity contribution < 1.29 is 14.3 Å². The van der Waals surface area contributed by atoms with Crippen molar-refractivity contribution in [2.45, 2.75) is 19.1 Å². The number of nitrogens with zero attached hydrogens (tertiary/aromatic N) is 4. The van der Waals surface area contributed by atoms with E-state index in [1.165, 1.54) is 0 Å². The normalized spacial score (nSPS) is 19.5. The maximum Gasteiger partial charge on any atom is 0.317 e. The summed E-state index contributed by atoms with van der Waals surface area (Å²) >= 11 is 0. The second kappa shape index (κ2) is 8.88. The summed E-state index contributed by atoms with van der Waals surface area (Å²) in [4.78, 5) is 24.9. The molecule has 2 aliphatic rings. The number of hydrogen-bond acceptors (Lipinski definition) is 6. The molecule has 0 aliphatic carbocycles. The van der Waals surface area contributed by atoms with Crippen LogP contribution in [0.2, 0.25) is 0 Å². The summed E-state index contributed by atoms with van der Waals surface area (Å²) in [5, 5.41) is 2.97. The van der Waals surface area contributed by atoms with Gasteiger partial charge in [0.1, 0.15) is 17.7 Å². The smallest absolute Gasteiger partial charge is 0.317 e. The van der Waals surface area contributed by atoms with Crippen molar-refractivity contribution in [3.63, 3.8) is 0 Å². The summed E-state index contributed by atoms with van der Waals surface area (Å²) in [6.45, 7) is 4.93. The van der Waals surface area contributed by atoms with Gasteiger partial charge in [0, 0.05) is 51.2 Å². The van der Waals surface area contributed by atoms with Crippen LogP contribution in [-0.2, 0) is 11.3 Å². The van der Waals surface area contributed by atoms with Gasteiger partial charge in [0.25, 0.3) is 0 Å². The molecule has 2 fully saturated rings. The Balaban J connectivity index is 1.23. The van der Waals surface area contributed by atoms with Gasteiger partial charge in [-0.05, 0) is 23.8 Å². The van der Waals surface area contributed by atoms with E-state index in [-0.39, 0.29) is 12.1 Å². The minimum absolute atomic E-state index is 0.0163. The Kier molecular flexibility index (Phi) is 5.86. The fourth-order valence-electron chi connectivity index (χ4n) is 3.41. The molecule has 0 aromatic carbocycles. The number of pyridine rings is 2. The Morgan fingerprint density at radius 1 is 1.18 bits per heavy atom. The number of rotatable bonds is 5. The number of likely N-dealkylation sites (tertiary alicyclic amines) is 1. The van der Waals surface area contributed by atoms with E-state index in [1.54, 1.807) is 17.3 Å². The lowest BCUT2D eigenvalue weighted by Gasteiger charge is -2.27. The average molecular weight is 383 g/mol. The minimum Gasteiger partial charge on any atom is -0.488 e. The number of carbonyl (C=O) groups excluding carboxylic acids is 1.